The molecular weight excluding hydrogens is 268 g/mol. The number of aromatic nitrogens is 2. The number of carboxylic acid groups (broad SMARTS) is 1. The highest BCUT2D eigenvalue weighted by atomic mass is 16.5. The van der Waals surface area contributed by atoms with Crippen molar-refractivity contribution in [3.8, 4) is 11.8 Å². The summed E-state index contributed by atoms with van der Waals surface area (Å²) in [6.07, 6.45) is 1.65. The van der Waals surface area contributed by atoms with E-state index in [9.17, 15) is 4.79 Å². The van der Waals surface area contributed by atoms with E-state index in [2.05, 4.69) is 9.97 Å². The van der Waals surface area contributed by atoms with E-state index in [-0.39, 0.29) is 12.4 Å². The number of ether oxygens (including phenoxy) is 1. The number of fused-ring (bicyclic) bond motifs is 1. The number of benzene rings is 2. The Morgan fingerprint density at radius 1 is 1.14 bits per heavy atom. The molecule has 21 heavy (non-hydrogen) atoms. The van der Waals surface area contributed by atoms with E-state index in [0.29, 0.717) is 11.3 Å². The largest absolute Gasteiger partial charge is 0.481 e. The molecule has 104 valence electrons. The van der Waals surface area contributed by atoms with Crippen LogP contribution >= 0.6 is 0 Å². The second-order valence-electron chi connectivity index (χ2n) is 4.53. The van der Waals surface area contributed by atoms with Crippen molar-refractivity contribution >= 4 is 16.9 Å². The summed E-state index contributed by atoms with van der Waals surface area (Å²) in [5.41, 5.74) is 1.46. The highest BCUT2D eigenvalue weighted by Gasteiger charge is 2.05. The number of nitrogens with zero attached hydrogens (tertiary/aromatic N) is 2. The molecule has 0 aliphatic rings. The first-order valence-electron chi connectivity index (χ1n) is 6.41. The minimum Gasteiger partial charge on any atom is -0.481 e. The maximum absolute atomic E-state index is 10.7. The molecule has 0 aliphatic carbocycles. The van der Waals surface area contributed by atoms with Crippen molar-refractivity contribution in [1.29, 1.82) is 0 Å². The summed E-state index contributed by atoms with van der Waals surface area (Å²) in [6, 6.07) is 14.8. The summed E-state index contributed by atoms with van der Waals surface area (Å²) in [5.74, 6) is -0.363. The number of carboxylic acids is 1. The summed E-state index contributed by atoms with van der Waals surface area (Å²) in [7, 11) is 0. The second kappa shape index (κ2) is 5.58. The van der Waals surface area contributed by atoms with Gasteiger partial charge in [-0.3, -0.25) is 4.79 Å². The van der Waals surface area contributed by atoms with Gasteiger partial charge in [-0.15, -0.1) is 0 Å². The molecular formula is C16H12N2O3. The molecule has 0 fully saturated rings. The zero-order valence-electron chi connectivity index (χ0n) is 11.1. The van der Waals surface area contributed by atoms with Crippen molar-refractivity contribution in [2.45, 2.75) is 6.42 Å². The average molecular weight is 280 g/mol. The van der Waals surface area contributed by atoms with Gasteiger partial charge in [-0.2, -0.15) is 4.98 Å². The van der Waals surface area contributed by atoms with Crippen LogP contribution in [0.25, 0.3) is 10.9 Å². The zero-order chi connectivity index (χ0) is 14.7. The van der Waals surface area contributed by atoms with Crippen LogP contribution in [0.3, 0.4) is 0 Å². The lowest BCUT2D eigenvalue weighted by Crippen LogP contribution is -2.00. The molecule has 0 spiro atoms. The summed E-state index contributed by atoms with van der Waals surface area (Å²) >= 11 is 0. The molecule has 5 nitrogen and oxygen atoms in total. The zero-order valence-corrected chi connectivity index (χ0v) is 11.1. The summed E-state index contributed by atoms with van der Waals surface area (Å²) in [4.78, 5) is 19.2. The number of hydrogen-bond acceptors (Lipinski definition) is 4. The summed E-state index contributed by atoms with van der Waals surface area (Å²) in [6.45, 7) is 0. The van der Waals surface area contributed by atoms with Crippen LogP contribution in [0.4, 0.5) is 0 Å². The Morgan fingerprint density at radius 3 is 2.86 bits per heavy atom. The van der Waals surface area contributed by atoms with Crippen molar-refractivity contribution in [1.82, 2.24) is 9.97 Å². The van der Waals surface area contributed by atoms with Gasteiger partial charge in [-0.1, -0.05) is 30.3 Å². The molecule has 1 aromatic heterocycles. The molecule has 1 heterocycles. The molecule has 0 aliphatic heterocycles. The summed E-state index contributed by atoms with van der Waals surface area (Å²) in [5, 5.41) is 9.74. The number of carbonyl (C=O) groups is 1. The van der Waals surface area contributed by atoms with E-state index in [0.717, 1.165) is 10.9 Å². The third kappa shape index (κ3) is 3.14. The number of rotatable bonds is 4. The summed E-state index contributed by atoms with van der Waals surface area (Å²) < 4.78 is 5.59. The molecule has 5 heteroatoms. The van der Waals surface area contributed by atoms with Gasteiger partial charge in [-0.05, 0) is 23.8 Å². The second-order valence-corrected chi connectivity index (χ2v) is 4.53. The Labute approximate surface area is 120 Å². The third-order valence-electron chi connectivity index (χ3n) is 2.93. The monoisotopic (exact) mass is 280 g/mol. The molecule has 0 bridgehead atoms. The number of para-hydroxylation sites is 1. The van der Waals surface area contributed by atoms with E-state index in [1.54, 1.807) is 30.5 Å². The highest BCUT2D eigenvalue weighted by Crippen LogP contribution is 2.21. The molecule has 0 radical (unpaired) electrons. The van der Waals surface area contributed by atoms with Crippen LogP contribution in [0, 0.1) is 0 Å². The Morgan fingerprint density at radius 2 is 2.00 bits per heavy atom. The van der Waals surface area contributed by atoms with Crippen molar-refractivity contribution in [2.75, 3.05) is 0 Å². The predicted octanol–water partition coefficient (Wildman–Crippen LogP) is 3.05. The maximum Gasteiger partial charge on any atom is 0.322 e. The molecule has 0 amide bonds. The minimum absolute atomic E-state index is 0.0459. The fourth-order valence-electron chi connectivity index (χ4n) is 2.00. The van der Waals surface area contributed by atoms with E-state index >= 15 is 0 Å². The van der Waals surface area contributed by atoms with Crippen LogP contribution in [0.5, 0.6) is 11.8 Å². The SMILES string of the molecule is O=C(O)Cc1cccc(Oc2ncc3ccccc3n2)c1. The van der Waals surface area contributed by atoms with Crippen molar-refractivity contribution in [3.63, 3.8) is 0 Å². The van der Waals surface area contributed by atoms with Crippen molar-refractivity contribution in [2.24, 2.45) is 0 Å². The van der Waals surface area contributed by atoms with Crippen LogP contribution in [-0.2, 0) is 11.2 Å². The Bertz CT molecular complexity index is 802. The van der Waals surface area contributed by atoms with Crippen molar-refractivity contribution in [3.05, 3.63) is 60.3 Å². The molecule has 1 N–H and O–H groups in total. The minimum atomic E-state index is -0.880. The standard InChI is InChI=1S/C16H12N2O3/c19-15(20)9-11-4-3-6-13(8-11)21-16-17-10-12-5-1-2-7-14(12)18-16/h1-8,10H,9H2,(H,19,20). The average Bonchev–Trinajstić information content (AvgIpc) is 2.47. The van der Waals surface area contributed by atoms with Gasteiger partial charge in [0.1, 0.15) is 5.75 Å². The molecule has 2 aromatic carbocycles. The Balaban J connectivity index is 1.86. The normalized spacial score (nSPS) is 10.5. The van der Waals surface area contributed by atoms with Gasteiger partial charge in [0.05, 0.1) is 11.9 Å². The Hall–Kier alpha value is -2.95. The van der Waals surface area contributed by atoms with Gasteiger partial charge in [0, 0.05) is 11.6 Å². The van der Waals surface area contributed by atoms with Gasteiger partial charge >= 0.3 is 12.0 Å². The lowest BCUT2D eigenvalue weighted by atomic mass is 10.1. The van der Waals surface area contributed by atoms with Gasteiger partial charge in [0.15, 0.2) is 0 Å². The van der Waals surface area contributed by atoms with Crippen molar-refractivity contribution < 1.29 is 14.6 Å². The van der Waals surface area contributed by atoms with E-state index in [1.807, 2.05) is 24.3 Å². The molecule has 3 rings (SSSR count). The molecule has 0 saturated carbocycles. The van der Waals surface area contributed by atoms with Crippen LogP contribution < -0.4 is 4.74 Å². The topological polar surface area (TPSA) is 72.3 Å². The first-order chi connectivity index (χ1) is 10.2. The van der Waals surface area contributed by atoms with E-state index in [4.69, 9.17) is 9.84 Å². The van der Waals surface area contributed by atoms with E-state index in [1.165, 1.54) is 0 Å². The van der Waals surface area contributed by atoms with Gasteiger partial charge in [0.25, 0.3) is 0 Å². The lowest BCUT2D eigenvalue weighted by Gasteiger charge is -2.06. The molecule has 0 unspecified atom stereocenters. The quantitative estimate of drug-likeness (QED) is 0.795. The van der Waals surface area contributed by atoms with Crippen LogP contribution in [0.15, 0.2) is 54.7 Å². The fourth-order valence-corrected chi connectivity index (χ4v) is 2.00. The Kier molecular flexibility index (Phi) is 3.47. The van der Waals surface area contributed by atoms with E-state index < -0.39 is 5.97 Å². The maximum atomic E-state index is 10.7. The smallest absolute Gasteiger partial charge is 0.322 e. The first kappa shape index (κ1) is 13.1. The van der Waals surface area contributed by atoms with Gasteiger partial charge in [-0.25, -0.2) is 4.98 Å². The highest BCUT2D eigenvalue weighted by molar-refractivity contribution is 5.77. The molecule has 3 aromatic rings. The fraction of sp³-hybridized carbons (Fsp3) is 0.0625. The number of hydrogen-bond donors (Lipinski definition) is 1. The van der Waals surface area contributed by atoms with Crippen LogP contribution in [0.2, 0.25) is 0 Å². The molecule has 0 atom stereocenters. The molecule has 0 saturated heterocycles. The van der Waals surface area contributed by atoms with Gasteiger partial charge in [0.2, 0.25) is 0 Å². The third-order valence-corrected chi connectivity index (χ3v) is 2.93. The first-order valence-corrected chi connectivity index (χ1v) is 6.41. The van der Waals surface area contributed by atoms with Crippen LogP contribution in [0.1, 0.15) is 5.56 Å². The van der Waals surface area contributed by atoms with Crippen LogP contribution in [-0.4, -0.2) is 21.0 Å². The number of aliphatic carboxylic acids is 1. The lowest BCUT2D eigenvalue weighted by molar-refractivity contribution is -0.136. The van der Waals surface area contributed by atoms with Gasteiger partial charge < -0.3 is 9.84 Å². The predicted molar refractivity (Wildman–Crippen MR) is 77.4 cm³/mol.